The summed E-state index contributed by atoms with van der Waals surface area (Å²) in [5.41, 5.74) is 2.06. The van der Waals surface area contributed by atoms with Crippen molar-refractivity contribution in [3.8, 4) is 28.7 Å². The largest absolute Gasteiger partial charge is 0.502 e. The number of hydrogen-bond acceptors (Lipinski definition) is 8. The third-order valence-electron chi connectivity index (χ3n) is 7.60. The number of hydrogen-bond donors (Lipinski definition) is 2. The van der Waals surface area contributed by atoms with E-state index in [0.717, 1.165) is 17.0 Å². The molecule has 1 saturated heterocycles. The second-order valence-electron chi connectivity index (χ2n) is 9.48. The van der Waals surface area contributed by atoms with E-state index in [4.69, 9.17) is 23.7 Å². The van der Waals surface area contributed by atoms with Crippen molar-refractivity contribution < 1.29 is 47.9 Å². The Bertz CT molecular complexity index is 1450. The Morgan fingerprint density at radius 3 is 2.18 bits per heavy atom. The lowest BCUT2D eigenvalue weighted by Gasteiger charge is -2.43. The summed E-state index contributed by atoms with van der Waals surface area (Å²) in [5.74, 6) is -1.92. The van der Waals surface area contributed by atoms with Crippen LogP contribution in [0.25, 0.3) is 0 Å². The first-order valence-electron chi connectivity index (χ1n) is 12.1. The Kier molecular flexibility index (Phi) is 5.86. The van der Waals surface area contributed by atoms with Gasteiger partial charge in [0, 0.05) is 17.5 Å². The first kappa shape index (κ1) is 24.7. The average Bonchev–Trinajstić information content (AvgIpc) is 3.54. The van der Waals surface area contributed by atoms with Crippen LogP contribution >= 0.6 is 0 Å². The van der Waals surface area contributed by atoms with Gasteiger partial charge in [0.2, 0.25) is 12.5 Å². The number of rotatable bonds is 5. The summed E-state index contributed by atoms with van der Waals surface area (Å²) in [7, 11) is 2.83. The maximum absolute atomic E-state index is 13.7. The molecule has 0 radical (unpaired) electrons. The van der Waals surface area contributed by atoms with Gasteiger partial charge < -0.3 is 33.9 Å². The number of carboxylic acid groups (broad SMARTS) is 1. The normalized spacial score (nSPS) is 22.5. The smallest absolute Gasteiger partial charge is 0.412 e. The number of esters is 1. The fourth-order valence-electron chi connectivity index (χ4n) is 5.95. The maximum atomic E-state index is 13.7. The van der Waals surface area contributed by atoms with Crippen molar-refractivity contribution in [1.29, 1.82) is 0 Å². The molecule has 1 fully saturated rings. The number of anilines is 1. The Labute approximate surface area is 222 Å². The van der Waals surface area contributed by atoms with Crippen LogP contribution in [0.2, 0.25) is 0 Å². The highest BCUT2D eigenvalue weighted by Gasteiger charge is 2.55. The standard InChI is InChI=1S/C28H24FNO9/c1-35-21-7-13(8-22(36-2)26(21)31)23-16-9-19-20(39-12-38-19)10-17(16)25(24-18(23)11-37-27(24)32)30(28(33)34)15-5-3-14(29)4-6-15/h3-10,18,23-25,31H,11-12H2,1-2H3,(H,33,34)/t18-,23+,24+,25-/m0/s1. The minimum Gasteiger partial charge on any atom is -0.502 e. The molecule has 2 N–H and O–H groups in total. The number of ether oxygens (including phenoxy) is 5. The molecule has 6 rings (SSSR count). The highest BCUT2D eigenvalue weighted by Crippen LogP contribution is 2.57. The monoisotopic (exact) mass is 537 g/mol. The van der Waals surface area contributed by atoms with Gasteiger partial charge in [-0.15, -0.1) is 0 Å². The van der Waals surface area contributed by atoms with Gasteiger partial charge in [-0.25, -0.2) is 9.18 Å². The van der Waals surface area contributed by atoms with E-state index in [1.807, 2.05) is 0 Å². The summed E-state index contributed by atoms with van der Waals surface area (Å²) < 4.78 is 41.3. The number of benzene rings is 3. The number of carbonyl (C=O) groups is 2. The van der Waals surface area contributed by atoms with Crippen LogP contribution < -0.4 is 23.8 Å². The second kappa shape index (κ2) is 9.26. The van der Waals surface area contributed by atoms with E-state index >= 15 is 0 Å². The van der Waals surface area contributed by atoms with Gasteiger partial charge in [0.15, 0.2) is 23.0 Å². The molecular formula is C28H24FNO9. The number of nitrogens with zero attached hydrogens (tertiary/aromatic N) is 1. The van der Waals surface area contributed by atoms with Crippen LogP contribution in [0.4, 0.5) is 14.9 Å². The van der Waals surface area contributed by atoms with Crippen molar-refractivity contribution >= 4 is 17.7 Å². The van der Waals surface area contributed by atoms with E-state index in [9.17, 15) is 24.2 Å². The van der Waals surface area contributed by atoms with Gasteiger partial charge in [0.05, 0.1) is 32.8 Å². The Hall–Kier alpha value is -4.67. The molecular weight excluding hydrogens is 513 g/mol. The van der Waals surface area contributed by atoms with Crippen LogP contribution in [0.3, 0.4) is 0 Å². The molecule has 3 aromatic rings. The second-order valence-corrected chi connectivity index (χ2v) is 9.48. The topological polar surface area (TPSA) is 124 Å². The van der Waals surface area contributed by atoms with E-state index in [-0.39, 0.29) is 36.3 Å². The molecule has 0 spiro atoms. The molecule has 2 aliphatic heterocycles. The summed E-state index contributed by atoms with van der Waals surface area (Å²) >= 11 is 0. The number of cyclic esters (lactones) is 1. The van der Waals surface area contributed by atoms with Crippen molar-refractivity contribution in [2.75, 3.05) is 32.5 Å². The number of phenolic OH excluding ortho intramolecular Hbond substituents is 1. The minimum absolute atomic E-state index is 0.01000. The summed E-state index contributed by atoms with van der Waals surface area (Å²) in [6.45, 7) is 0.0187. The van der Waals surface area contributed by atoms with E-state index < -0.39 is 41.7 Å². The molecule has 2 heterocycles. The first-order valence-corrected chi connectivity index (χ1v) is 12.1. The third-order valence-corrected chi connectivity index (χ3v) is 7.60. The Balaban J connectivity index is 1.61. The molecule has 3 aromatic carbocycles. The van der Waals surface area contributed by atoms with Crippen LogP contribution in [0, 0.1) is 17.7 Å². The lowest BCUT2D eigenvalue weighted by Crippen LogP contribution is -2.45. The van der Waals surface area contributed by atoms with E-state index in [0.29, 0.717) is 28.2 Å². The van der Waals surface area contributed by atoms with Gasteiger partial charge >= 0.3 is 12.1 Å². The summed E-state index contributed by atoms with van der Waals surface area (Å²) in [6.07, 6.45) is -1.32. The van der Waals surface area contributed by atoms with Gasteiger partial charge in [0.25, 0.3) is 0 Å². The number of methoxy groups -OCH3 is 2. The lowest BCUT2D eigenvalue weighted by atomic mass is 9.65. The van der Waals surface area contributed by atoms with Gasteiger partial charge in [-0.05, 0) is 65.2 Å². The number of carbonyl (C=O) groups excluding carboxylic acids is 1. The Morgan fingerprint density at radius 1 is 0.974 bits per heavy atom. The molecule has 0 aromatic heterocycles. The molecule has 10 nitrogen and oxygen atoms in total. The molecule has 202 valence electrons. The molecule has 0 saturated carbocycles. The van der Waals surface area contributed by atoms with E-state index in [2.05, 4.69) is 0 Å². The zero-order chi connectivity index (χ0) is 27.4. The number of aromatic hydroxyl groups is 1. The number of halogens is 1. The van der Waals surface area contributed by atoms with Crippen LogP contribution in [0.1, 0.15) is 28.7 Å². The first-order chi connectivity index (χ1) is 18.8. The lowest BCUT2D eigenvalue weighted by molar-refractivity contribution is -0.141. The molecule has 1 aliphatic carbocycles. The van der Waals surface area contributed by atoms with Gasteiger partial charge in [-0.3, -0.25) is 9.69 Å². The molecule has 39 heavy (non-hydrogen) atoms. The molecule has 11 heteroatoms. The predicted molar refractivity (Wildman–Crippen MR) is 133 cm³/mol. The van der Waals surface area contributed by atoms with E-state index in [1.54, 1.807) is 24.3 Å². The quantitative estimate of drug-likeness (QED) is 0.455. The van der Waals surface area contributed by atoms with Crippen molar-refractivity contribution in [3.05, 3.63) is 71.0 Å². The summed E-state index contributed by atoms with van der Waals surface area (Å²) in [4.78, 5) is 27.1. The zero-order valence-electron chi connectivity index (χ0n) is 20.9. The zero-order valence-corrected chi connectivity index (χ0v) is 20.9. The third kappa shape index (κ3) is 3.84. The predicted octanol–water partition coefficient (Wildman–Crippen LogP) is 4.44. The van der Waals surface area contributed by atoms with Crippen LogP contribution in [0.15, 0.2) is 48.5 Å². The average molecular weight is 537 g/mol. The highest BCUT2D eigenvalue weighted by molar-refractivity contribution is 5.90. The number of phenols is 1. The van der Waals surface area contributed by atoms with Crippen LogP contribution in [0.5, 0.6) is 28.7 Å². The van der Waals surface area contributed by atoms with Crippen molar-refractivity contribution in [1.82, 2.24) is 0 Å². The fourth-order valence-corrected chi connectivity index (χ4v) is 5.95. The minimum atomic E-state index is -1.32. The van der Waals surface area contributed by atoms with Gasteiger partial charge in [0.1, 0.15) is 5.82 Å². The van der Waals surface area contributed by atoms with Crippen molar-refractivity contribution in [3.63, 3.8) is 0 Å². The van der Waals surface area contributed by atoms with Gasteiger partial charge in [-0.1, -0.05) is 0 Å². The van der Waals surface area contributed by atoms with Gasteiger partial charge in [-0.2, -0.15) is 0 Å². The highest BCUT2D eigenvalue weighted by atomic mass is 19.1. The van der Waals surface area contributed by atoms with Crippen molar-refractivity contribution in [2.45, 2.75) is 12.0 Å². The molecule has 4 atom stereocenters. The van der Waals surface area contributed by atoms with E-state index in [1.165, 1.54) is 26.4 Å². The van der Waals surface area contributed by atoms with Crippen molar-refractivity contribution in [2.24, 2.45) is 11.8 Å². The fraction of sp³-hybridized carbons (Fsp3) is 0.286. The Morgan fingerprint density at radius 2 is 1.59 bits per heavy atom. The molecule has 0 unspecified atom stereocenters. The number of amides is 1. The molecule has 1 amide bonds. The molecule has 0 bridgehead atoms. The van der Waals surface area contributed by atoms with Crippen LogP contribution in [-0.4, -0.2) is 49.9 Å². The number of fused-ring (bicyclic) bond motifs is 3. The molecule has 3 aliphatic rings. The summed E-state index contributed by atoms with van der Waals surface area (Å²) in [5, 5.41) is 20.9. The van der Waals surface area contributed by atoms with Crippen LogP contribution in [-0.2, 0) is 9.53 Å². The maximum Gasteiger partial charge on any atom is 0.412 e. The SMILES string of the molecule is COc1cc([C@@H]2c3cc4c(cc3[C@H](N(C(=O)O)c3ccc(F)cc3)[C@@H]3C(=O)OC[C@@H]23)OCO4)cc(OC)c1O. The summed E-state index contributed by atoms with van der Waals surface area (Å²) in [6, 6.07) is 10.8.